The molecule has 0 N–H and O–H groups in total. The van der Waals surface area contributed by atoms with E-state index in [1.54, 1.807) is 21.6 Å². The highest BCUT2D eigenvalue weighted by Crippen LogP contribution is 2.39. The van der Waals surface area contributed by atoms with E-state index in [1.165, 1.54) is 0 Å². The third-order valence-corrected chi connectivity index (χ3v) is 5.91. The van der Waals surface area contributed by atoms with Gasteiger partial charge in [-0.25, -0.2) is 4.98 Å². The zero-order valence-electron chi connectivity index (χ0n) is 16.7. The second-order valence-electron chi connectivity index (χ2n) is 7.23. The maximum atomic E-state index is 13.4. The number of benzene rings is 3. The summed E-state index contributed by atoms with van der Waals surface area (Å²) in [5.74, 6) is 0.319. The topological polar surface area (TPSA) is 55.2 Å². The fourth-order valence-electron chi connectivity index (χ4n) is 3.99. The van der Waals surface area contributed by atoms with Gasteiger partial charge in [0, 0.05) is 16.6 Å². The van der Waals surface area contributed by atoms with Crippen LogP contribution in [-0.2, 0) is 4.79 Å². The van der Waals surface area contributed by atoms with Crippen LogP contribution in [-0.4, -0.2) is 22.0 Å². The third kappa shape index (κ3) is 3.20. The van der Waals surface area contributed by atoms with Crippen molar-refractivity contribution in [1.82, 2.24) is 9.55 Å². The molecule has 3 aromatic carbocycles. The summed E-state index contributed by atoms with van der Waals surface area (Å²) in [4.78, 5) is 33.1. The monoisotopic (exact) mass is 471 g/mol. The van der Waals surface area contributed by atoms with Crippen molar-refractivity contribution in [1.29, 1.82) is 0 Å². The second kappa shape index (κ2) is 7.63. The Morgan fingerprint density at radius 1 is 0.968 bits per heavy atom. The molecule has 0 spiro atoms. The number of carbonyl (C=O) groups excluding carboxylic acids is 1. The largest absolute Gasteiger partial charge is 0.308 e. The van der Waals surface area contributed by atoms with Crippen LogP contribution in [0.2, 0.25) is 0 Å². The molecule has 5 nitrogen and oxygen atoms in total. The third-order valence-electron chi connectivity index (χ3n) is 5.42. The number of aromatic nitrogens is 2. The number of fused-ring (bicyclic) bond motifs is 2. The molecule has 4 aromatic rings. The Balaban J connectivity index is 1.82. The molecule has 2 heterocycles. The van der Waals surface area contributed by atoms with E-state index < -0.39 is 0 Å². The zero-order valence-corrected chi connectivity index (χ0v) is 18.3. The number of hydrogen-bond donors (Lipinski definition) is 0. The minimum absolute atomic E-state index is 0.0994. The molecule has 0 radical (unpaired) electrons. The van der Waals surface area contributed by atoms with Crippen LogP contribution < -0.4 is 10.5 Å². The summed E-state index contributed by atoms with van der Waals surface area (Å²) in [6.45, 7) is 2.50. The van der Waals surface area contributed by atoms with Crippen molar-refractivity contribution in [2.75, 3.05) is 11.4 Å². The summed E-state index contributed by atoms with van der Waals surface area (Å²) in [7, 11) is 0. The molecule has 6 heteroatoms. The number of para-hydroxylation sites is 2. The van der Waals surface area contributed by atoms with E-state index in [2.05, 4.69) is 15.9 Å². The highest BCUT2D eigenvalue weighted by atomic mass is 79.9. The number of hydrogen-bond acceptors (Lipinski definition) is 3. The van der Waals surface area contributed by atoms with Gasteiger partial charge in [0.15, 0.2) is 0 Å². The van der Waals surface area contributed by atoms with Crippen LogP contribution in [0.25, 0.3) is 28.2 Å². The Hall–Kier alpha value is -3.51. The van der Waals surface area contributed by atoms with Crippen molar-refractivity contribution in [2.24, 2.45) is 0 Å². The molecule has 0 saturated heterocycles. The molecular formula is C25H18BrN3O2. The Labute approximate surface area is 187 Å². The normalized spacial score (nSPS) is 14.5. The van der Waals surface area contributed by atoms with E-state index in [0.717, 1.165) is 15.7 Å². The van der Waals surface area contributed by atoms with Gasteiger partial charge in [-0.3, -0.25) is 14.2 Å². The van der Waals surface area contributed by atoms with E-state index >= 15 is 0 Å². The fourth-order valence-corrected chi connectivity index (χ4v) is 4.35. The van der Waals surface area contributed by atoms with Gasteiger partial charge < -0.3 is 4.90 Å². The van der Waals surface area contributed by atoms with Gasteiger partial charge in [-0.1, -0.05) is 46.3 Å². The number of amides is 1. The lowest BCUT2D eigenvalue weighted by molar-refractivity contribution is -0.112. The molecule has 0 fully saturated rings. The van der Waals surface area contributed by atoms with E-state index in [0.29, 0.717) is 34.5 Å². The molecule has 0 bridgehead atoms. The van der Waals surface area contributed by atoms with Crippen LogP contribution in [0.5, 0.6) is 0 Å². The number of nitrogens with zero attached hydrogens (tertiary/aromatic N) is 3. The molecule has 0 saturated carbocycles. The molecular weight excluding hydrogens is 454 g/mol. The van der Waals surface area contributed by atoms with Crippen LogP contribution in [0.1, 0.15) is 18.3 Å². The van der Waals surface area contributed by atoms with Crippen molar-refractivity contribution in [3.8, 4) is 5.69 Å². The summed E-state index contributed by atoms with van der Waals surface area (Å²) in [5.41, 5.74) is 3.32. The smallest absolute Gasteiger partial charge is 0.266 e. The number of carbonyl (C=O) groups is 1. The van der Waals surface area contributed by atoms with Gasteiger partial charge in [-0.15, -0.1) is 0 Å². The lowest BCUT2D eigenvalue weighted by Gasteiger charge is -2.14. The van der Waals surface area contributed by atoms with Crippen LogP contribution in [0.15, 0.2) is 82.1 Å². The predicted molar refractivity (Wildman–Crippen MR) is 127 cm³/mol. The van der Waals surface area contributed by atoms with E-state index in [9.17, 15) is 9.59 Å². The van der Waals surface area contributed by atoms with Crippen LogP contribution in [0.4, 0.5) is 5.69 Å². The minimum atomic E-state index is -0.170. The highest BCUT2D eigenvalue weighted by Gasteiger charge is 2.32. The molecule has 0 unspecified atom stereocenters. The maximum Gasteiger partial charge on any atom is 0.266 e. The Morgan fingerprint density at radius 2 is 1.71 bits per heavy atom. The predicted octanol–water partition coefficient (Wildman–Crippen LogP) is 5.06. The first-order valence-electron chi connectivity index (χ1n) is 9.99. The number of anilines is 1. The van der Waals surface area contributed by atoms with Gasteiger partial charge >= 0.3 is 0 Å². The average molecular weight is 472 g/mol. The molecule has 1 amide bonds. The Bertz CT molecular complexity index is 1420. The first-order chi connectivity index (χ1) is 15.1. The number of halogens is 1. The van der Waals surface area contributed by atoms with Gasteiger partial charge in [0.05, 0.1) is 27.9 Å². The molecule has 152 valence electrons. The van der Waals surface area contributed by atoms with Crippen molar-refractivity contribution in [2.45, 2.75) is 6.92 Å². The maximum absolute atomic E-state index is 13.4. The van der Waals surface area contributed by atoms with Crippen molar-refractivity contribution >= 4 is 50.1 Å². The summed E-state index contributed by atoms with van der Waals surface area (Å²) < 4.78 is 2.45. The molecule has 31 heavy (non-hydrogen) atoms. The minimum Gasteiger partial charge on any atom is -0.308 e. The lowest BCUT2D eigenvalue weighted by Crippen LogP contribution is -2.26. The van der Waals surface area contributed by atoms with Gasteiger partial charge in [0.25, 0.3) is 11.5 Å². The SMILES string of the molecule is CCN1C(=O)/C(=C/c2nc3ccccc3c(=O)n2-c2ccccc2)c2cc(Br)ccc21. The standard InChI is InChI=1S/C25H18BrN3O2/c1-2-28-22-13-12-16(26)14-19(22)20(24(28)30)15-23-27-21-11-7-6-10-18(21)25(31)29(23)17-8-4-3-5-9-17/h3-15H,2H2,1H3/b20-15+. The first-order valence-corrected chi connectivity index (χ1v) is 10.8. The van der Waals surface area contributed by atoms with Gasteiger partial charge in [0.1, 0.15) is 5.82 Å². The molecule has 1 aliphatic rings. The van der Waals surface area contributed by atoms with Crippen molar-refractivity contribution < 1.29 is 4.79 Å². The molecule has 0 aliphatic carbocycles. The highest BCUT2D eigenvalue weighted by molar-refractivity contribution is 9.10. The van der Waals surface area contributed by atoms with Gasteiger partial charge in [-0.05, 0) is 55.5 Å². The summed E-state index contributed by atoms with van der Waals surface area (Å²) >= 11 is 3.51. The summed E-state index contributed by atoms with van der Waals surface area (Å²) in [6.07, 6.45) is 1.73. The Morgan fingerprint density at radius 3 is 2.48 bits per heavy atom. The van der Waals surface area contributed by atoms with Crippen LogP contribution in [0, 0.1) is 0 Å². The van der Waals surface area contributed by atoms with Gasteiger partial charge in [-0.2, -0.15) is 0 Å². The van der Waals surface area contributed by atoms with Crippen molar-refractivity contribution in [3.63, 3.8) is 0 Å². The molecule has 1 aromatic heterocycles. The quantitative estimate of drug-likeness (QED) is 0.392. The van der Waals surface area contributed by atoms with Gasteiger partial charge in [0.2, 0.25) is 0 Å². The molecule has 0 atom stereocenters. The summed E-state index contributed by atoms with van der Waals surface area (Å²) in [6, 6.07) is 22.4. The lowest BCUT2D eigenvalue weighted by atomic mass is 10.1. The number of likely N-dealkylation sites (N-methyl/N-ethyl adjacent to an activating group) is 1. The van der Waals surface area contributed by atoms with E-state index in [1.807, 2.05) is 73.7 Å². The Kier molecular flexibility index (Phi) is 4.79. The fraction of sp³-hybridized carbons (Fsp3) is 0.0800. The molecule has 5 rings (SSSR count). The van der Waals surface area contributed by atoms with Crippen LogP contribution >= 0.6 is 15.9 Å². The number of rotatable bonds is 3. The first kappa shape index (κ1) is 19.5. The second-order valence-corrected chi connectivity index (χ2v) is 8.15. The molecule has 1 aliphatic heterocycles. The summed E-state index contributed by atoms with van der Waals surface area (Å²) in [5, 5.41) is 0.532. The van der Waals surface area contributed by atoms with E-state index in [4.69, 9.17) is 4.98 Å². The zero-order chi connectivity index (χ0) is 21.5. The van der Waals surface area contributed by atoms with Crippen LogP contribution in [0.3, 0.4) is 0 Å². The average Bonchev–Trinajstić information content (AvgIpc) is 3.04. The van der Waals surface area contributed by atoms with E-state index in [-0.39, 0.29) is 11.5 Å². The van der Waals surface area contributed by atoms with Crippen molar-refractivity contribution in [3.05, 3.63) is 99.0 Å².